The summed E-state index contributed by atoms with van der Waals surface area (Å²) in [6.45, 7) is -0.244. The van der Waals surface area contributed by atoms with Gasteiger partial charge in [-0.15, -0.1) is 0 Å². The maximum Gasteiger partial charge on any atom is 0.387 e. The Labute approximate surface area is 168 Å². The highest BCUT2D eigenvalue weighted by Gasteiger charge is 2.30. The van der Waals surface area contributed by atoms with E-state index in [9.17, 15) is 18.4 Å². The fourth-order valence-corrected chi connectivity index (χ4v) is 3.46. The van der Waals surface area contributed by atoms with Crippen LogP contribution in [0.15, 0.2) is 48.5 Å². The molecule has 1 heterocycles. The molecular formula is C22H24F2N2O3. The molecular weight excluding hydrogens is 378 g/mol. The number of hydrogen-bond donors (Lipinski definition) is 1. The maximum atomic E-state index is 12.9. The lowest BCUT2D eigenvalue weighted by molar-refractivity contribution is -0.121. The van der Waals surface area contributed by atoms with Crippen LogP contribution in [0.25, 0.3) is 0 Å². The van der Waals surface area contributed by atoms with Crippen LogP contribution >= 0.6 is 0 Å². The fourth-order valence-electron chi connectivity index (χ4n) is 3.46. The average molecular weight is 402 g/mol. The molecule has 1 aliphatic rings. The van der Waals surface area contributed by atoms with Crippen molar-refractivity contribution in [3.05, 3.63) is 59.7 Å². The molecule has 1 unspecified atom stereocenters. The zero-order chi connectivity index (χ0) is 20.8. The van der Waals surface area contributed by atoms with Gasteiger partial charge in [0.05, 0.1) is 11.5 Å². The van der Waals surface area contributed by atoms with Crippen molar-refractivity contribution in [2.45, 2.75) is 32.8 Å². The predicted molar refractivity (Wildman–Crippen MR) is 106 cm³/mol. The van der Waals surface area contributed by atoms with E-state index in [1.807, 2.05) is 24.3 Å². The standard InChI is InChI=1S/C22H24F2N2O3/c1-2-15-9-11-17(12-10-15)25-20(27)16-6-5-13-26(14-16)21(28)18-7-3-4-8-19(18)29-22(23)24/h3-4,7-12,16,22H,2,5-6,13-14H2,1H3,(H,25,27). The van der Waals surface area contributed by atoms with Gasteiger partial charge in [0.1, 0.15) is 5.75 Å². The molecule has 0 aromatic heterocycles. The number of aryl methyl sites for hydroxylation is 1. The fraction of sp³-hybridized carbons (Fsp3) is 0.364. The number of amides is 2. The molecule has 1 aliphatic heterocycles. The molecule has 1 fully saturated rings. The molecule has 2 aromatic rings. The number of alkyl halides is 2. The Hall–Kier alpha value is -2.96. The lowest BCUT2D eigenvalue weighted by Crippen LogP contribution is -2.43. The van der Waals surface area contributed by atoms with Crippen LogP contribution in [0.2, 0.25) is 0 Å². The van der Waals surface area contributed by atoms with Crippen molar-refractivity contribution in [1.82, 2.24) is 4.90 Å². The molecule has 7 heteroatoms. The largest absolute Gasteiger partial charge is 0.434 e. The lowest BCUT2D eigenvalue weighted by atomic mass is 9.96. The second-order valence-electron chi connectivity index (χ2n) is 7.00. The number of halogens is 2. The zero-order valence-electron chi connectivity index (χ0n) is 16.2. The molecule has 1 N–H and O–H groups in total. The first-order valence-electron chi connectivity index (χ1n) is 9.71. The minimum atomic E-state index is -3.01. The summed E-state index contributed by atoms with van der Waals surface area (Å²) in [6.07, 6.45) is 2.25. The summed E-state index contributed by atoms with van der Waals surface area (Å²) in [6, 6.07) is 13.6. The summed E-state index contributed by atoms with van der Waals surface area (Å²) in [4.78, 5) is 27.1. The van der Waals surface area contributed by atoms with E-state index < -0.39 is 12.5 Å². The summed E-state index contributed by atoms with van der Waals surface area (Å²) in [5, 5.41) is 2.90. The first-order valence-corrected chi connectivity index (χ1v) is 9.71. The van der Waals surface area contributed by atoms with Gasteiger partial charge in [-0.05, 0) is 49.1 Å². The van der Waals surface area contributed by atoms with Gasteiger partial charge in [-0.25, -0.2) is 0 Å². The van der Waals surface area contributed by atoms with Crippen molar-refractivity contribution >= 4 is 17.5 Å². The van der Waals surface area contributed by atoms with E-state index >= 15 is 0 Å². The normalized spacial score (nSPS) is 16.6. The number of likely N-dealkylation sites (tertiary alicyclic amines) is 1. The molecule has 5 nitrogen and oxygen atoms in total. The molecule has 0 aliphatic carbocycles. The minimum Gasteiger partial charge on any atom is -0.434 e. The van der Waals surface area contributed by atoms with E-state index in [1.165, 1.54) is 28.7 Å². The predicted octanol–water partition coefficient (Wildman–Crippen LogP) is 4.34. The quantitative estimate of drug-likeness (QED) is 0.782. The van der Waals surface area contributed by atoms with Crippen molar-refractivity contribution in [1.29, 1.82) is 0 Å². The van der Waals surface area contributed by atoms with Gasteiger partial charge >= 0.3 is 6.61 Å². The summed E-state index contributed by atoms with van der Waals surface area (Å²) in [5.74, 6) is -1.08. The van der Waals surface area contributed by atoms with Crippen LogP contribution in [-0.2, 0) is 11.2 Å². The zero-order valence-corrected chi connectivity index (χ0v) is 16.2. The second-order valence-corrected chi connectivity index (χ2v) is 7.00. The molecule has 154 valence electrons. The molecule has 3 rings (SSSR count). The Balaban J connectivity index is 1.67. The summed E-state index contributed by atoms with van der Waals surface area (Å²) < 4.78 is 29.7. The Morgan fingerprint density at radius 1 is 1.17 bits per heavy atom. The highest BCUT2D eigenvalue weighted by molar-refractivity contribution is 5.98. The topological polar surface area (TPSA) is 58.6 Å². The van der Waals surface area contributed by atoms with E-state index in [2.05, 4.69) is 17.0 Å². The SMILES string of the molecule is CCc1ccc(NC(=O)C2CCCN(C(=O)c3ccccc3OC(F)F)C2)cc1. The van der Waals surface area contributed by atoms with Gasteiger partial charge in [0.25, 0.3) is 5.91 Å². The Morgan fingerprint density at radius 3 is 2.59 bits per heavy atom. The lowest BCUT2D eigenvalue weighted by Gasteiger charge is -2.32. The third-order valence-corrected chi connectivity index (χ3v) is 5.04. The van der Waals surface area contributed by atoms with Crippen LogP contribution in [-0.4, -0.2) is 36.4 Å². The number of para-hydroxylation sites is 1. The molecule has 2 amide bonds. The van der Waals surface area contributed by atoms with E-state index in [1.54, 1.807) is 6.07 Å². The number of nitrogens with zero attached hydrogens (tertiary/aromatic N) is 1. The molecule has 0 saturated carbocycles. The van der Waals surface area contributed by atoms with Crippen molar-refractivity contribution in [2.24, 2.45) is 5.92 Å². The number of hydrogen-bond acceptors (Lipinski definition) is 3. The number of nitrogens with one attached hydrogen (secondary N) is 1. The molecule has 1 saturated heterocycles. The Bertz CT molecular complexity index is 855. The van der Waals surface area contributed by atoms with E-state index in [-0.39, 0.29) is 29.7 Å². The summed E-state index contributed by atoms with van der Waals surface area (Å²) >= 11 is 0. The first-order chi connectivity index (χ1) is 14.0. The van der Waals surface area contributed by atoms with E-state index in [0.717, 1.165) is 6.42 Å². The van der Waals surface area contributed by atoms with Crippen molar-refractivity contribution in [3.8, 4) is 5.75 Å². The van der Waals surface area contributed by atoms with Gasteiger partial charge < -0.3 is 15.0 Å². The van der Waals surface area contributed by atoms with Gasteiger partial charge in [-0.3, -0.25) is 9.59 Å². The van der Waals surface area contributed by atoms with Crippen LogP contribution < -0.4 is 10.1 Å². The molecule has 0 radical (unpaired) electrons. The van der Waals surface area contributed by atoms with Gasteiger partial charge in [0.2, 0.25) is 5.91 Å². The van der Waals surface area contributed by atoms with Gasteiger partial charge in [0, 0.05) is 18.8 Å². The molecule has 0 bridgehead atoms. The van der Waals surface area contributed by atoms with Gasteiger partial charge in [0.15, 0.2) is 0 Å². The van der Waals surface area contributed by atoms with Crippen LogP contribution in [0, 0.1) is 5.92 Å². The Morgan fingerprint density at radius 2 is 1.90 bits per heavy atom. The van der Waals surface area contributed by atoms with Crippen molar-refractivity contribution < 1.29 is 23.1 Å². The molecule has 1 atom stereocenters. The number of rotatable bonds is 6. The highest BCUT2D eigenvalue weighted by atomic mass is 19.3. The third kappa shape index (κ3) is 5.31. The minimum absolute atomic E-state index is 0.0732. The van der Waals surface area contributed by atoms with Gasteiger partial charge in [-0.1, -0.05) is 31.2 Å². The van der Waals surface area contributed by atoms with Crippen LogP contribution in [0.4, 0.5) is 14.5 Å². The third-order valence-electron chi connectivity index (χ3n) is 5.04. The molecule has 0 spiro atoms. The number of carbonyl (C=O) groups is 2. The van der Waals surface area contributed by atoms with Crippen LogP contribution in [0.3, 0.4) is 0 Å². The smallest absolute Gasteiger partial charge is 0.387 e. The molecule has 2 aromatic carbocycles. The summed E-state index contributed by atoms with van der Waals surface area (Å²) in [5.41, 5.74) is 1.97. The highest BCUT2D eigenvalue weighted by Crippen LogP contribution is 2.25. The second kappa shape index (κ2) is 9.49. The average Bonchev–Trinajstić information content (AvgIpc) is 2.74. The van der Waals surface area contributed by atoms with E-state index in [4.69, 9.17) is 0 Å². The molecule has 29 heavy (non-hydrogen) atoms. The number of benzene rings is 2. The number of ether oxygens (including phenoxy) is 1. The Kier molecular flexibility index (Phi) is 6.80. The number of piperidine rings is 1. The van der Waals surface area contributed by atoms with Crippen LogP contribution in [0.5, 0.6) is 5.75 Å². The first kappa shape index (κ1) is 20.8. The van der Waals surface area contributed by atoms with E-state index in [0.29, 0.717) is 25.1 Å². The van der Waals surface area contributed by atoms with Gasteiger partial charge in [-0.2, -0.15) is 8.78 Å². The number of carbonyl (C=O) groups excluding carboxylic acids is 2. The number of anilines is 1. The monoisotopic (exact) mass is 402 g/mol. The van der Waals surface area contributed by atoms with Crippen molar-refractivity contribution in [3.63, 3.8) is 0 Å². The van der Waals surface area contributed by atoms with Crippen LogP contribution in [0.1, 0.15) is 35.7 Å². The maximum absolute atomic E-state index is 12.9. The van der Waals surface area contributed by atoms with Crippen molar-refractivity contribution in [2.75, 3.05) is 18.4 Å². The summed E-state index contributed by atoms with van der Waals surface area (Å²) in [7, 11) is 0.